The number of aromatic nitrogens is 1. The lowest BCUT2D eigenvalue weighted by Gasteiger charge is -2.13. The Balaban J connectivity index is 1.23. The maximum absolute atomic E-state index is 10.0. The van der Waals surface area contributed by atoms with Crippen LogP contribution in [0.15, 0.2) is 48.7 Å². The molecule has 25 heavy (non-hydrogen) atoms. The maximum Gasteiger partial charge on any atom is 0.231 e. The lowest BCUT2D eigenvalue weighted by Crippen LogP contribution is -2.23. The lowest BCUT2D eigenvalue weighted by molar-refractivity contribution is 0.00548. The summed E-state index contributed by atoms with van der Waals surface area (Å²) in [5.41, 5.74) is 1.97. The van der Waals surface area contributed by atoms with E-state index >= 15 is 0 Å². The summed E-state index contributed by atoms with van der Waals surface area (Å²) in [6.45, 7) is 1.01. The van der Waals surface area contributed by atoms with Crippen molar-refractivity contribution in [2.45, 2.75) is 12.7 Å². The summed E-state index contributed by atoms with van der Waals surface area (Å²) in [6.07, 6.45) is 1.18. The van der Waals surface area contributed by atoms with Crippen molar-refractivity contribution < 1.29 is 24.1 Å². The van der Waals surface area contributed by atoms with E-state index in [-0.39, 0.29) is 20.0 Å². The highest BCUT2D eigenvalue weighted by Crippen LogP contribution is 2.32. The Bertz CT molecular complexity index is 860. The number of hydrogen-bond acceptors (Lipinski definition) is 5. The number of aliphatic hydroxyl groups excluding tert-OH is 1. The molecule has 0 saturated heterocycles. The van der Waals surface area contributed by atoms with Crippen molar-refractivity contribution in [1.29, 1.82) is 0 Å². The number of benzene rings is 2. The van der Waals surface area contributed by atoms with Crippen LogP contribution in [0, 0.1) is 0 Å². The maximum atomic E-state index is 10.0. The largest absolute Gasteiger partial charge is 0.491 e. The van der Waals surface area contributed by atoms with Crippen LogP contribution in [-0.4, -0.2) is 36.2 Å². The highest BCUT2D eigenvalue weighted by molar-refractivity contribution is 5.80. The summed E-state index contributed by atoms with van der Waals surface area (Å²) >= 11 is 0. The summed E-state index contributed by atoms with van der Waals surface area (Å²) in [5, 5.41) is 11.1. The van der Waals surface area contributed by atoms with Gasteiger partial charge in [0.2, 0.25) is 6.79 Å². The summed E-state index contributed by atoms with van der Waals surface area (Å²) in [4.78, 5) is 3.13. The van der Waals surface area contributed by atoms with E-state index in [1.54, 1.807) is 0 Å². The zero-order valence-corrected chi connectivity index (χ0v) is 13.6. The average Bonchev–Trinajstić information content (AvgIpc) is 3.28. The first kappa shape index (κ1) is 15.8. The van der Waals surface area contributed by atoms with Gasteiger partial charge in [0.05, 0.1) is 13.2 Å². The van der Waals surface area contributed by atoms with Gasteiger partial charge in [0.25, 0.3) is 0 Å². The number of hydrogen-bond donors (Lipinski definition) is 2. The van der Waals surface area contributed by atoms with Crippen molar-refractivity contribution >= 4 is 10.9 Å². The number of ether oxygens (including phenoxy) is 4. The fourth-order valence-electron chi connectivity index (χ4n) is 2.70. The molecule has 1 aliphatic heterocycles. The fraction of sp³-hybridized carbons (Fsp3) is 0.263. The first-order valence-corrected chi connectivity index (χ1v) is 8.12. The predicted molar refractivity (Wildman–Crippen MR) is 92.0 cm³/mol. The Kier molecular flexibility index (Phi) is 4.45. The Morgan fingerprint density at radius 1 is 1.04 bits per heavy atom. The minimum atomic E-state index is -0.701. The molecule has 1 unspecified atom stereocenters. The van der Waals surface area contributed by atoms with Crippen molar-refractivity contribution in [3.8, 4) is 17.2 Å². The van der Waals surface area contributed by atoms with Gasteiger partial charge in [0.15, 0.2) is 11.5 Å². The fourth-order valence-corrected chi connectivity index (χ4v) is 2.70. The highest BCUT2D eigenvalue weighted by Gasteiger charge is 2.13. The summed E-state index contributed by atoms with van der Waals surface area (Å²) in [5.74, 6) is 2.19. The first-order chi connectivity index (χ1) is 12.3. The van der Waals surface area contributed by atoms with E-state index in [9.17, 15) is 5.11 Å². The standard InChI is InChI=1S/C19H19NO5/c21-15(11-23-16-3-2-14-5-6-20-17(14)8-16)10-22-9-13-1-4-18-19(7-13)25-12-24-18/h1-8,15,20-21H,9-12H2. The van der Waals surface area contributed by atoms with Gasteiger partial charge in [-0.3, -0.25) is 0 Å². The molecule has 1 aromatic heterocycles. The van der Waals surface area contributed by atoms with Gasteiger partial charge >= 0.3 is 0 Å². The van der Waals surface area contributed by atoms with E-state index in [1.165, 1.54) is 0 Å². The zero-order chi connectivity index (χ0) is 17.1. The molecular weight excluding hydrogens is 322 g/mol. The molecule has 2 heterocycles. The van der Waals surface area contributed by atoms with Crippen LogP contribution in [0.3, 0.4) is 0 Å². The number of aliphatic hydroxyl groups is 1. The van der Waals surface area contributed by atoms with Gasteiger partial charge in [-0.25, -0.2) is 0 Å². The quantitative estimate of drug-likeness (QED) is 0.691. The van der Waals surface area contributed by atoms with Gasteiger partial charge in [0, 0.05) is 17.8 Å². The zero-order valence-electron chi connectivity index (χ0n) is 13.6. The van der Waals surface area contributed by atoms with Gasteiger partial charge in [-0.2, -0.15) is 0 Å². The smallest absolute Gasteiger partial charge is 0.231 e. The van der Waals surface area contributed by atoms with Crippen molar-refractivity contribution in [2.75, 3.05) is 20.0 Å². The van der Waals surface area contributed by atoms with Gasteiger partial charge < -0.3 is 29.0 Å². The molecule has 0 aliphatic carbocycles. The molecule has 2 aromatic carbocycles. The van der Waals surface area contributed by atoms with Crippen LogP contribution in [0.5, 0.6) is 17.2 Å². The molecule has 4 rings (SSSR count). The summed E-state index contributed by atoms with van der Waals surface area (Å²) < 4.78 is 21.8. The molecule has 0 saturated carbocycles. The van der Waals surface area contributed by atoms with Crippen LogP contribution in [-0.2, 0) is 11.3 Å². The normalized spacial score (nSPS) is 14.0. The second-order valence-corrected chi connectivity index (χ2v) is 5.89. The van der Waals surface area contributed by atoms with Crippen LogP contribution in [0.25, 0.3) is 10.9 Å². The van der Waals surface area contributed by atoms with Gasteiger partial charge in [0.1, 0.15) is 18.5 Å². The average molecular weight is 341 g/mol. The van der Waals surface area contributed by atoms with Crippen LogP contribution in [0.4, 0.5) is 0 Å². The van der Waals surface area contributed by atoms with Crippen LogP contribution in [0.2, 0.25) is 0 Å². The molecule has 0 fully saturated rings. The summed E-state index contributed by atoms with van der Waals surface area (Å²) in [7, 11) is 0. The molecular formula is C19H19NO5. The van der Waals surface area contributed by atoms with Crippen molar-refractivity contribution in [3.63, 3.8) is 0 Å². The van der Waals surface area contributed by atoms with Crippen LogP contribution in [0.1, 0.15) is 5.56 Å². The van der Waals surface area contributed by atoms with E-state index in [1.807, 2.05) is 48.7 Å². The third kappa shape index (κ3) is 3.70. The SMILES string of the molecule is OC(COCc1ccc2c(c1)OCO2)COc1ccc2cc[nH]c2c1. The minimum absolute atomic E-state index is 0.174. The van der Waals surface area contributed by atoms with E-state index in [2.05, 4.69) is 4.98 Å². The second kappa shape index (κ2) is 7.04. The van der Waals surface area contributed by atoms with Crippen molar-refractivity contribution in [1.82, 2.24) is 4.98 Å². The number of fused-ring (bicyclic) bond motifs is 2. The molecule has 0 spiro atoms. The number of nitrogens with one attached hydrogen (secondary N) is 1. The van der Waals surface area contributed by atoms with E-state index in [4.69, 9.17) is 18.9 Å². The molecule has 0 radical (unpaired) electrons. The monoisotopic (exact) mass is 341 g/mol. The third-order valence-electron chi connectivity index (χ3n) is 3.98. The van der Waals surface area contributed by atoms with Crippen molar-refractivity contribution in [2.24, 2.45) is 0 Å². The molecule has 0 bridgehead atoms. The molecule has 6 nitrogen and oxygen atoms in total. The second-order valence-electron chi connectivity index (χ2n) is 5.89. The molecule has 1 atom stereocenters. The molecule has 2 N–H and O–H groups in total. The van der Waals surface area contributed by atoms with Crippen LogP contribution < -0.4 is 14.2 Å². The lowest BCUT2D eigenvalue weighted by atomic mass is 10.2. The van der Waals surface area contributed by atoms with E-state index < -0.39 is 6.10 Å². The Hall–Kier alpha value is -2.70. The predicted octanol–water partition coefficient (Wildman–Crippen LogP) is 2.85. The number of rotatable bonds is 7. The topological polar surface area (TPSA) is 72.9 Å². The van der Waals surface area contributed by atoms with Crippen LogP contribution >= 0.6 is 0 Å². The molecule has 1 aliphatic rings. The van der Waals surface area contributed by atoms with E-state index in [0.29, 0.717) is 12.4 Å². The number of H-pyrrole nitrogens is 1. The van der Waals surface area contributed by atoms with Gasteiger partial charge in [-0.15, -0.1) is 0 Å². The molecule has 130 valence electrons. The first-order valence-electron chi connectivity index (χ1n) is 8.12. The van der Waals surface area contributed by atoms with Gasteiger partial charge in [-0.1, -0.05) is 6.07 Å². The molecule has 3 aromatic rings. The summed E-state index contributed by atoms with van der Waals surface area (Å²) in [6, 6.07) is 13.4. The van der Waals surface area contributed by atoms with Gasteiger partial charge in [-0.05, 0) is 41.3 Å². The third-order valence-corrected chi connectivity index (χ3v) is 3.98. The number of aromatic amines is 1. The minimum Gasteiger partial charge on any atom is -0.491 e. The highest BCUT2D eigenvalue weighted by atomic mass is 16.7. The Labute approximate surface area is 144 Å². The van der Waals surface area contributed by atoms with Crippen molar-refractivity contribution in [3.05, 3.63) is 54.2 Å². The Morgan fingerprint density at radius 3 is 2.92 bits per heavy atom. The molecule has 6 heteroatoms. The Morgan fingerprint density at radius 2 is 1.96 bits per heavy atom. The molecule has 0 amide bonds. The van der Waals surface area contributed by atoms with E-state index in [0.717, 1.165) is 28.0 Å².